The van der Waals surface area contributed by atoms with E-state index in [4.69, 9.17) is 4.74 Å². The first kappa shape index (κ1) is 6.81. The van der Waals surface area contributed by atoms with Crippen LogP contribution in [0.2, 0.25) is 0 Å². The molecule has 1 aliphatic rings. The van der Waals surface area contributed by atoms with Crippen LogP contribution in [0.4, 0.5) is 0 Å². The predicted molar refractivity (Wildman–Crippen MR) is 38.4 cm³/mol. The van der Waals surface area contributed by atoms with Crippen LogP contribution in [0.15, 0.2) is 12.2 Å². The minimum absolute atomic E-state index is 0.584. The fraction of sp³-hybridized carbons (Fsp3) is 0.750. The molecule has 52 valence electrons. The molecule has 0 aromatic heterocycles. The second kappa shape index (κ2) is 3.67. The normalized spacial score (nSPS) is 20.6. The van der Waals surface area contributed by atoms with Crippen molar-refractivity contribution in [2.45, 2.75) is 32.3 Å². The van der Waals surface area contributed by atoms with Gasteiger partial charge in [0.15, 0.2) is 0 Å². The molecule has 1 fully saturated rings. The Bertz CT molecular complexity index is 92.7. The van der Waals surface area contributed by atoms with E-state index in [9.17, 15) is 0 Å². The lowest BCUT2D eigenvalue weighted by atomic mass is 9.96. The lowest BCUT2D eigenvalue weighted by molar-refractivity contribution is 0.0188. The molecule has 1 heteroatoms. The highest BCUT2D eigenvalue weighted by Gasteiger charge is 2.16. The van der Waals surface area contributed by atoms with E-state index >= 15 is 0 Å². The van der Waals surface area contributed by atoms with Crippen LogP contribution < -0.4 is 0 Å². The van der Waals surface area contributed by atoms with Crippen molar-refractivity contribution in [3.63, 3.8) is 0 Å². The fourth-order valence-electron chi connectivity index (χ4n) is 0.825. The molecule has 0 aromatic carbocycles. The Hall–Kier alpha value is -0.300. The topological polar surface area (TPSA) is 9.23 Å². The first-order valence-electron chi connectivity index (χ1n) is 3.66. The molecule has 1 rings (SSSR count). The molecule has 0 radical (unpaired) electrons. The van der Waals surface area contributed by atoms with Gasteiger partial charge >= 0.3 is 0 Å². The number of hydrogen-bond acceptors (Lipinski definition) is 1. The molecular weight excluding hydrogens is 112 g/mol. The first-order chi connectivity index (χ1) is 4.43. The molecule has 0 saturated heterocycles. The Balaban J connectivity index is 1.91. The molecule has 0 bridgehead atoms. The lowest BCUT2D eigenvalue weighted by Crippen LogP contribution is -2.21. The first-order valence-corrected chi connectivity index (χ1v) is 3.66. The second-order valence-corrected chi connectivity index (χ2v) is 2.46. The third kappa shape index (κ3) is 2.19. The van der Waals surface area contributed by atoms with E-state index in [1.165, 1.54) is 19.3 Å². The van der Waals surface area contributed by atoms with Gasteiger partial charge < -0.3 is 4.74 Å². The van der Waals surface area contributed by atoms with Crippen molar-refractivity contribution in [2.24, 2.45) is 0 Å². The largest absolute Gasteiger partial charge is 0.374 e. The molecule has 0 atom stereocenters. The quantitative estimate of drug-likeness (QED) is 0.526. The van der Waals surface area contributed by atoms with Crippen LogP contribution in [0.3, 0.4) is 0 Å². The number of rotatable bonds is 3. The van der Waals surface area contributed by atoms with Gasteiger partial charge in [0.25, 0.3) is 0 Å². The van der Waals surface area contributed by atoms with Crippen molar-refractivity contribution in [3.05, 3.63) is 12.2 Å². The van der Waals surface area contributed by atoms with E-state index in [0.717, 1.165) is 6.61 Å². The highest BCUT2D eigenvalue weighted by Crippen LogP contribution is 2.21. The van der Waals surface area contributed by atoms with Crippen molar-refractivity contribution in [1.29, 1.82) is 0 Å². The van der Waals surface area contributed by atoms with Gasteiger partial charge in [-0.05, 0) is 26.2 Å². The van der Waals surface area contributed by atoms with E-state index in [1.54, 1.807) is 0 Å². The van der Waals surface area contributed by atoms with Crippen molar-refractivity contribution < 1.29 is 4.74 Å². The highest BCUT2D eigenvalue weighted by atomic mass is 16.5. The summed E-state index contributed by atoms with van der Waals surface area (Å²) in [7, 11) is 0. The van der Waals surface area contributed by atoms with Crippen molar-refractivity contribution in [3.8, 4) is 0 Å². The van der Waals surface area contributed by atoms with Crippen LogP contribution in [0.1, 0.15) is 26.2 Å². The molecule has 1 nitrogen and oxygen atoms in total. The monoisotopic (exact) mass is 126 g/mol. The van der Waals surface area contributed by atoms with Gasteiger partial charge in [-0.15, -0.1) is 0 Å². The molecule has 0 unspecified atom stereocenters. The number of hydrogen-bond donors (Lipinski definition) is 0. The van der Waals surface area contributed by atoms with E-state index in [-0.39, 0.29) is 0 Å². The Morgan fingerprint density at radius 2 is 2.33 bits per heavy atom. The molecule has 1 saturated carbocycles. The van der Waals surface area contributed by atoms with Crippen LogP contribution >= 0.6 is 0 Å². The van der Waals surface area contributed by atoms with Crippen LogP contribution in [-0.2, 0) is 4.74 Å². The highest BCUT2D eigenvalue weighted by molar-refractivity contribution is 4.78. The fourth-order valence-corrected chi connectivity index (χ4v) is 0.825. The van der Waals surface area contributed by atoms with Crippen molar-refractivity contribution in [1.82, 2.24) is 0 Å². The Kier molecular flexibility index (Phi) is 2.78. The zero-order valence-corrected chi connectivity index (χ0v) is 5.97. The van der Waals surface area contributed by atoms with Gasteiger partial charge in [-0.2, -0.15) is 0 Å². The summed E-state index contributed by atoms with van der Waals surface area (Å²) in [6.07, 6.45) is 8.58. The van der Waals surface area contributed by atoms with Crippen LogP contribution in [0, 0.1) is 0 Å². The molecule has 0 aliphatic heterocycles. The summed E-state index contributed by atoms with van der Waals surface area (Å²) < 4.78 is 5.43. The van der Waals surface area contributed by atoms with Gasteiger partial charge in [0.05, 0.1) is 12.7 Å². The molecule has 9 heavy (non-hydrogen) atoms. The minimum Gasteiger partial charge on any atom is -0.374 e. The summed E-state index contributed by atoms with van der Waals surface area (Å²) in [5.74, 6) is 0. The van der Waals surface area contributed by atoms with Crippen LogP contribution in [0.5, 0.6) is 0 Å². The summed E-state index contributed by atoms with van der Waals surface area (Å²) in [4.78, 5) is 0. The zero-order valence-electron chi connectivity index (χ0n) is 5.97. The van der Waals surface area contributed by atoms with Gasteiger partial charge in [-0.25, -0.2) is 0 Å². The molecular formula is C8H14O. The number of ether oxygens (including phenoxy) is 1. The molecule has 1 aliphatic carbocycles. The summed E-state index contributed by atoms with van der Waals surface area (Å²) in [5.41, 5.74) is 0. The summed E-state index contributed by atoms with van der Waals surface area (Å²) in [6.45, 7) is 2.82. The average molecular weight is 126 g/mol. The maximum Gasteiger partial charge on any atom is 0.0651 e. The maximum absolute atomic E-state index is 5.43. The predicted octanol–water partition coefficient (Wildman–Crippen LogP) is 2.13. The van der Waals surface area contributed by atoms with Gasteiger partial charge in [0.1, 0.15) is 0 Å². The van der Waals surface area contributed by atoms with E-state index in [2.05, 4.69) is 6.08 Å². The molecule has 0 N–H and O–H groups in total. The van der Waals surface area contributed by atoms with Gasteiger partial charge in [-0.3, -0.25) is 0 Å². The molecule has 0 spiro atoms. The Morgan fingerprint density at radius 3 is 2.78 bits per heavy atom. The SMILES string of the molecule is C/C=C/COC1CCC1. The molecule has 0 amide bonds. The standard InChI is InChI=1S/C8H14O/c1-2-3-7-9-8-5-4-6-8/h2-3,8H,4-7H2,1H3/b3-2+. The molecule has 0 aromatic rings. The second-order valence-electron chi connectivity index (χ2n) is 2.46. The van der Waals surface area contributed by atoms with Gasteiger partial charge in [0, 0.05) is 0 Å². The smallest absolute Gasteiger partial charge is 0.0651 e. The molecule has 0 heterocycles. The Labute approximate surface area is 56.7 Å². The van der Waals surface area contributed by atoms with E-state index < -0.39 is 0 Å². The van der Waals surface area contributed by atoms with E-state index in [1.807, 2.05) is 13.0 Å². The summed E-state index contributed by atoms with van der Waals surface area (Å²) in [6, 6.07) is 0. The minimum atomic E-state index is 0.584. The van der Waals surface area contributed by atoms with Crippen molar-refractivity contribution >= 4 is 0 Å². The van der Waals surface area contributed by atoms with Crippen LogP contribution in [0.25, 0.3) is 0 Å². The summed E-state index contributed by atoms with van der Waals surface area (Å²) >= 11 is 0. The zero-order chi connectivity index (χ0) is 6.53. The number of allylic oxidation sites excluding steroid dienone is 1. The third-order valence-electron chi connectivity index (χ3n) is 1.72. The van der Waals surface area contributed by atoms with E-state index in [0.29, 0.717) is 6.10 Å². The summed E-state index contributed by atoms with van der Waals surface area (Å²) in [5, 5.41) is 0. The van der Waals surface area contributed by atoms with Crippen molar-refractivity contribution in [2.75, 3.05) is 6.61 Å². The van der Waals surface area contributed by atoms with Gasteiger partial charge in [0.2, 0.25) is 0 Å². The average Bonchev–Trinajstić information content (AvgIpc) is 1.76. The van der Waals surface area contributed by atoms with Crippen LogP contribution in [-0.4, -0.2) is 12.7 Å². The van der Waals surface area contributed by atoms with Gasteiger partial charge in [-0.1, -0.05) is 12.2 Å². The third-order valence-corrected chi connectivity index (χ3v) is 1.72. The maximum atomic E-state index is 5.43. The lowest BCUT2D eigenvalue weighted by Gasteiger charge is -2.24. The Morgan fingerprint density at radius 1 is 1.56 bits per heavy atom.